The topological polar surface area (TPSA) is 92.8 Å². The molecule has 7 nitrogen and oxygen atoms in total. The van der Waals surface area contributed by atoms with Gasteiger partial charge in [0, 0.05) is 0 Å². The monoisotopic (exact) mass is 478 g/mol. The van der Waals surface area contributed by atoms with Gasteiger partial charge < -0.3 is 10.1 Å². The van der Waals surface area contributed by atoms with E-state index >= 15 is 0 Å². The van der Waals surface area contributed by atoms with E-state index in [0.29, 0.717) is 5.69 Å². The van der Waals surface area contributed by atoms with Crippen LogP contribution in [0.4, 0.5) is 5.69 Å². The molecule has 0 spiro atoms. The molecule has 0 saturated heterocycles. The predicted molar refractivity (Wildman–Crippen MR) is 131 cm³/mol. The van der Waals surface area contributed by atoms with Gasteiger partial charge in [-0.05, 0) is 42.8 Å². The quantitative estimate of drug-likeness (QED) is 0.350. The van der Waals surface area contributed by atoms with Crippen LogP contribution < -0.4 is 9.62 Å². The van der Waals surface area contributed by atoms with E-state index in [4.69, 9.17) is 4.74 Å². The van der Waals surface area contributed by atoms with Crippen LogP contribution in [0, 0.1) is 0 Å². The molecule has 0 fully saturated rings. The van der Waals surface area contributed by atoms with E-state index in [0.717, 1.165) is 5.56 Å². The summed E-state index contributed by atoms with van der Waals surface area (Å²) in [4.78, 5) is 24.7. The summed E-state index contributed by atoms with van der Waals surface area (Å²) in [5.41, 5.74) is 1.42. The van der Waals surface area contributed by atoms with Crippen LogP contribution in [0.2, 0.25) is 0 Å². The fourth-order valence-electron chi connectivity index (χ4n) is 3.29. The lowest BCUT2D eigenvalue weighted by Gasteiger charge is -2.23. The van der Waals surface area contributed by atoms with Gasteiger partial charge in [0.05, 0.1) is 28.7 Å². The minimum absolute atomic E-state index is 0.0246. The average molecular weight is 479 g/mol. The average Bonchev–Trinajstić information content (AvgIpc) is 2.86. The van der Waals surface area contributed by atoms with Crippen LogP contribution >= 0.6 is 0 Å². The van der Waals surface area contributed by atoms with Crippen LogP contribution in [-0.2, 0) is 19.6 Å². The molecule has 8 heteroatoms. The Kier molecular flexibility index (Phi) is 8.21. The molecule has 3 aromatic rings. The van der Waals surface area contributed by atoms with E-state index in [1.165, 1.54) is 34.6 Å². The second-order valence-corrected chi connectivity index (χ2v) is 9.33. The highest BCUT2D eigenvalue weighted by atomic mass is 32.2. The van der Waals surface area contributed by atoms with Crippen LogP contribution in [0.3, 0.4) is 0 Å². The fourth-order valence-corrected chi connectivity index (χ4v) is 4.77. The third kappa shape index (κ3) is 6.11. The van der Waals surface area contributed by atoms with Crippen molar-refractivity contribution in [1.82, 2.24) is 5.32 Å². The Hall–Kier alpha value is -3.91. The van der Waals surface area contributed by atoms with Gasteiger partial charge in [0.2, 0.25) is 0 Å². The normalized spacial score (nSPS) is 11.8. The number of esters is 1. The zero-order valence-corrected chi connectivity index (χ0v) is 19.6. The zero-order valence-electron chi connectivity index (χ0n) is 18.8. The van der Waals surface area contributed by atoms with E-state index in [2.05, 4.69) is 11.9 Å². The van der Waals surface area contributed by atoms with Gasteiger partial charge in [0.1, 0.15) is 0 Å². The van der Waals surface area contributed by atoms with E-state index in [-0.39, 0.29) is 23.0 Å². The number of benzene rings is 3. The van der Waals surface area contributed by atoms with Crippen molar-refractivity contribution < 1.29 is 22.7 Å². The zero-order chi connectivity index (χ0) is 24.6. The Balaban J connectivity index is 1.69. The molecular formula is C26H26N2O5S. The number of carbonyl (C=O) groups is 2. The van der Waals surface area contributed by atoms with E-state index in [9.17, 15) is 18.0 Å². The van der Waals surface area contributed by atoms with Crippen molar-refractivity contribution in [3.8, 4) is 0 Å². The van der Waals surface area contributed by atoms with Gasteiger partial charge in [-0.1, -0.05) is 60.7 Å². The van der Waals surface area contributed by atoms with Gasteiger partial charge in [-0.3, -0.25) is 9.10 Å². The molecule has 1 atom stereocenters. The summed E-state index contributed by atoms with van der Waals surface area (Å²) < 4.78 is 32.9. The van der Waals surface area contributed by atoms with Gasteiger partial charge in [-0.2, -0.15) is 0 Å². The summed E-state index contributed by atoms with van der Waals surface area (Å²) in [5.74, 6) is -1.26. The Morgan fingerprint density at radius 2 is 1.65 bits per heavy atom. The lowest BCUT2D eigenvalue weighted by atomic mass is 10.1. The van der Waals surface area contributed by atoms with E-state index < -0.39 is 28.5 Å². The van der Waals surface area contributed by atoms with Crippen molar-refractivity contribution in [2.75, 3.05) is 17.5 Å². The van der Waals surface area contributed by atoms with Crippen molar-refractivity contribution in [3.05, 3.63) is 109 Å². The number of nitrogens with one attached hydrogen (secondary N) is 1. The summed E-state index contributed by atoms with van der Waals surface area (Å²) in [6.45, 7) is 5.04. The van der Waals surface area contributed by atoms with Crippen molar-refractivity contribution in [3.63, 3.8) is 0 Å². The van der Waals surface area contributed by atoms with Crippen molar-refractivity contribution >= 4 is 27.6 Å². The lowest BCUT2D eigenvalue weighted by molar-refractivity contribution is -0.124. The third-order valence-corrected chi connectivity index (χ3v) is 6.80. The molecule has 0 radical (unpaired) electrons. The Labute approximate surface area is 199 Å². The number of hydrogen-bond acceptors (Lipinski definition) is 5. The van der Waals surface area contributed by atoms with Gasteiger partial charge in [-0.25, -0.2) is 13.2 Å². The summed E-state index contributed by atoms with van der Waals surface area (Å²) in [7, 11) is -3.98. The number of hydrogen-bond donors (Lipinski definition) is 1. The largest absolute Gasteiger partial charge is 0.452 e. The lowest BCUT2D eigenvalue weighted by Crippen LogP contribution is -2.32. The Morgan fingerprint density at radius 3 is 2.29 bits per heavy atom. The Morgan fingerprint density at radius 1 is 1.00 bits per heavy atom. The van der Waals surface area contributed by atoms with Gasteiger partial charge in [0.15, 0.2) is 6.61 Å². The number of sulfonamides is 1. The molecule has 0 heterocycles. The molecule has 0 aliphatic heterocycles. The molecular weight excluding hydrogens is 452 g/mol. The first-order valence-corrected chi connectivity index (χ1v) is 12.1. The molecule has 0 aliphatic rings. The maximum Gasteiger partial charge on any atom is 0.338 e. The molecule has 0 unspecified atom stereocenters. The number of anilines is 1. The first-order chi connectivity index (χ1) is 16.3. The van der Waals surface area contributed by atoms with Crippen LogP contribution in [0.15, 0.2) is 102 Å². The highest BCUT2D eigenvalue weighted by Crippen LogP contribution is 2.24. The highest BCUT2D eigenvalue weighted by molar-refractivity contribution is 7.92. The number of amides is 1. The van der Waals surface area contributed by atoms with Crippen molar-refractivity contribution in [2.24, 2.45) is 0 Å². The van der Waals surface area contributed by atoms with Gasteiger partial charge in [0.25, 0.3) is 15.9 Å². The maximum absolute atomic E-state index is 13.3. The van der Waals surface area contributed by atoms with Crippen LogP contribution in [-0.4, -0.2) is 33.4 Å². The minimum Gasteiger partial charge on any atom is -0.452 e. The summed E-state index contributed by atoms with van der Waals surface area (Å²) >= 11 is 0. The van der Waals surface area contributed by atoms with Crippen LogP contribution in [0.5, 0.6) is 0 Å². The standard InChI is InChI=1S/C26H26N2O5S/c1-3-17-28(23-14-8-5-9-15-23)34(31,32)24-16-10-13-22(18-24)26(30)33-19-25(29)27-20(2)21-11-6-4-7-12-21/h3-16,18,20H,1,17,19H2,2H3,(H,27,29)/t20-/m1/s1. The molecule has 176 valence electrons. The molecule has 0 saturated carbocycles. The molecule has 3 aromatic carbocycles. The number of para-hydroxylation sites is 1. The second kappa shape index (κ2) is 11.3. The maximum atomic E-state index is 13.3. The molecule has 3 rings (SSSR count). The molecule has 0 aliphatic carbocycles. The number of nitrogens with zero attached hydrogens (tertiary/aromatic N) is 1. The number of ether oxygens (including phenoxy) is 1. The smallest absolute Gasteiger partial charge is 0.338 e. The summed E-state index contributed by atoms with van der Waals surface area (Å²) in [5, 5.41) is 2.76. The summed E-state index contributed by atoms with van der Waals surface area (Å²) in [6.07, 6.45) is 1.48. The molecule has 34 heavy (non-hydrogen) atoms. The summed E-state index contributed by atoms with van der Waals surface area (Å²) in [6, 6.07) is 23.3. The minimum atomic E-state index is -3.98. The first-order valence-electron chi connectivity index (χ1n) is 10.6. The molecule has 0 aromatic heterocycles. The SMILES string of the molecule is C=CCN(c1ccccc1)S(=O)(=O)c1cccc(C(=O)OCC(=O)N[C@H](C)c2ccccc2)c1. The second-order valence-electron chi connectivity index (χ2n) is 7.46. The molecule has 0 bridgehead atoms. The van der Waals surface area contributed by atoms with Crippen LogP contribution in [0.25, 0.3) is 0 Å². The van der Waals surface area contributed by atoms with Crippen molar-refractivity contribution in [1.29, 1.82) is 0 Å². The fraction of sp³-hybridized carbons (Fsp3) is 0.154. The number of carbonyl (C=O) groups excluding carboxylic acids is 2. The Bertz CT molecular complexity index is 1240. The number of rotatable bonds is 10. The van der Waals surface area contributed by atoms with Crippen LogP contribution in [0.1, 0.15) is 28.9 Å². The molecule has 1 amide bonds. The molecule has 1 N–H and O–H groups in total. The van der Waals surface area contributed by atoms with Crippen molar-refractivity contribution in [2.45, 2.75) is 17.9 Å². The third-order valence-electron chi connectivity index (χ3n) is 5.01. The van der Waals surface area contributed by atoms with Gasteiger partial charge in [-0.15, -0.1) is 6.58 Å². The first kappa shape index (κ1) is 24.7. The highest BCUT2D eigenvalue weighted by Gasteiger charge is 2.25. The van der Waals surface area contributed by atoms with E-state index in [1.807, 2.05) is 37.3 Å². The van der Waals surface area contributed by atoms with Gasteiger partial charge >= 0.3 is 5.97 Å². The van der Waals surface area contributed by atoms with E-state index in [1.54, 1.807) is 30.3 Å². The predicted octanol–water partition coefficient (Wildman–Crippen LogP) is 4.10.